The van der Waals surface area contributed by atoms with Crippen LogP contribution in [-0.2, 0) is 18.4 Å². The van der Waals surface area contributed by atoms with Gasteiger partial charge in [0.05, 0.1) is 24.0 Å². The van der Waals surface area contributed by atoms with Gasteiger partial charge in [-0.25, -0.2) is 0 Å². The molecule has 6 nitrogen and oxygen atoms in total. The molecule has 1 atom stereocenters. The summed E-state index contributed by atoms with van der Waals surface area (Å²) in [6, 6.07) is 6.58. The highest BCUT2D eigenvalue weighted by Gasteiger charge is 2.31. The van der Waals surface area contributed by atoms with Crippen molar-refractivity contribution in [2.75, 3.05) is 4.90 Å². The van der Waals surface area contributed by atoms with E-state index in [4.69, 9.17) is 0 Å². The first-order valence-corrected chi connectivity index (χ1v) is 6.75. The Hall–Kier alpha value is -2.63. The number of nitrogens with one attached hydrogen (secondary N) is 1. The summed E-state index contributed by atoms with van der Waals surface area (Å²) in [5, 5.41) is 6.83. The molecule has 0 bridgehead atoms. The van der Waals surface area contributed by atoms with Gasteiger partial charge in [-0.1, -0.05) is 12.1 Å². The van der Waals surface area contributed by atoms with Crippen molar-refractivity contribution < 1.29 is 9.59 Å². The Labute approximate surface area is 122 Å². The molecule has 2 heterocycles. The van der Waals surface area contributed by atoms with Crippen molar-refractivity contribution in [2.24, 2.45) is 7.05 Å². The fraction of sp³-hybridized carbons (Fsp3) is 0.267. The summed E-state index contributed by atoms with van der Waals surface area (Å²) in [4.78, 5) is 26.3. The third-order valence-corrected chi connectivity index (χ3v) is 3.52. The summed E-state index contributed by atoms with van der Waals surface area (Å²) in [7, 11) is 1.83. The van der Waals surface area contributed by atoms with Crippen LogP contribution in [0, 0.1) is 0 Å². The number of carbonyl (C=O) groups is 2. The molecule has 1 aliphatic heterocycles. The maximum Gasteiger partial charge on any atom is 0.254 e. The number of para-hydroxylation sites is 1. The Bertz CT molecular complexity index is 707. The number of hydrogen-bond acceptors (Lipinski definition) is 3. The molecule has 2 aromatic rings. The Kier molecular flexibility index (Phi) is 3.21. The van der Waals surface area contributed by atoms with E-state index in [0.717, 1.165) is 5.56 Å². The van der Waals surface area contributed by atoms with Gasteiger partial charge in [0.2, 0.25) is 5.91 Å². The lowest BCUT2D eigenvalue weighted by atomic mass is 10.1. The molecule has 0 radical (unpaired) electrons. The minimum Gasteiger partial charge on any atom is -0.340 e. The predicted molar refractivity (Wildman–Crippen MR) is 77.8 cm³/mol. The van der Waals surface area contributed by atoms with Crippen LogP contribution in [0.25, 0.3) is 0 Å². The fourth-order valence-corrected chi connectivity index (χ4v) is 2.49. The number of anilines is 1. The van der Waals surface area contributed by atoms with E-state index in [9.17, 15) is 9.59 Å². The Balaban J connectivity index is 2.04. The van der Waals surface area contributed by atoms with Gasteiger partial charge in [0.1, 0.15) is 6.04 Å². The van der Waals surface area contributed by atoms with Crippen molar-refractivity contribution in [3.05, 3.63) is 47.8 Å². The molecule has 1 aliphatic rings. The van der Waals surface area contributed by atoms with Gasteiger partial charge in [-0.05, 0) is 19.1 Å². The lowest BCUT2D eigenvalue weighted by Crippen LogP contribution is -2.43. The number of hydrogen-bond donors (Lipinski definition) is 1. The average Bonchev–Trinajstić information content (AvgIpc) is 2.85. The Morgan fingerprint density at radius 2 is 2.05 bits per heavy atom. The van der Waals surface area contributed by atoms with Gasteiger partial charge in [-0.15, -0.1) is 0 Å². The molecule has 0 spiro atoms. The molecule has 1 aromatic heterocycles. The van der Waals surface area contributed by atoms with E-state index in [2.05, 4.69) is 10.4 Å². The fourth-order valence-electron chi connectivity index (χ4n) is 2.49. The van der Waals surface area contributed by atoms with Crippen LogP contribution in [-0.4, -0.2) is 27.6 Å². The monoisotopic (exact) mass is 284 g/mol. The van der Waals surface area contributed by atoms with Crippen LogP contribution in [0.5, 0.6) is 0 Å². The zero-order valence-electron chi connectivity index (χ0n) is 11.9. The molecule has 6 heteroatoms. The number of nitrogens with zero attached hydrogens (tertiary/aromatic N) is 3. The van der Waals surface area contributed by atoms with E-state index in [1.54, 1.807) is 40.9 Å². The van der Waals surface area contributed by atoms with Gasteiger partial charge in [0, 0.05) is 18.8 Å². The van der Waals surface area contributed by atoms with Gasteiger partial charge in [-0.2, -0.15) is 5.10 Å². The second kappa shape index (κ2) is 5.05. The van der Waals surface area contributed by atoms with Crippen molar-refractivity contribution >= 4 is 17.5 Å². The molecule has 0 aliphatic carbocycles. The predicted octanol–water partition coefficient (Wildman–Crippen LogP) is 1.09. The number of aryl methyl sites for hydroxylation is 1. The van der Waals surface area contributed by atoms with Crippen LogP contribution in [0.3, 0.4) is 0 Å². The summed E-state index contributed by atoms with van der Waals surface area (Å²) in [5.74, 6) is -0.350. The standard InChI is InChI=1S/C15H16N4O2/c1-10-15(21)19(9-11-7-16-18(2)8-11)13-6-4-3-5-12(13)14(20)17-10/h3-8,10H,9H2,1-2H3,(H,17,20). The Morgan fingerprint density at radius 3 is 2.76 bits per heavy atom. The van der Waals surface area contributed by atoms with E-state index in [-0.39, 0.29) is 11.8 Å². The van der Waals surface area contributed by atoms with Gasteiger partial charge < -0.3 is 10.2 Å². The summed E-state index contributed by atoms with van der Waals surface area (Å²) in [6.45, 7) is 2.09. The molecule has 2 amide bonds. The average molecular weight is 284 g/mol. The van der Waals surface area contributed by atoms with E-state index < -0.39 is 6.04 Å². The van der Waals surface area contributed by atoms with Gasteiger partial charge >= 0.3 is 0 Å². The largest absolute Gasteiger partial charge is 0.340 e. The molecular weight excluding hydrogens is 268 g/mol. The lowest BCUT2D eigenvalue weighted by Gasteiger charge is -2.23. The smallest absolute Gasteiger partial charge is 0.254 e. The number of aromatic nitrogens is 2. The highest BCUT2D eigenvalue weighted by molar-refractivity contribution is 6.10. The van der Waals surface area contributed by atoms with Gasteiger partial charge in [0.25, 0.3) is 5.91 Å². The highest BCUT2D eigenvalue weighted by Crippen LogP contribution is 2.25. The minimum atomic E-state index is -0.554. The van der Waals surface area contributed by atoms with Crippen LogP contribution in [0.1, 0.15) is 22.8 Å². The van der Waals surface area contributed by atoms with Crippen LogP contribution in [0.15, 0.2) is 36.7 Å². The minimum absolute atomic E-state index is 0.128. The topological polar surface area (TPSA) is 67.2 Å². The molecule has 1 aromatic carbocycles. The first-order valence-electron chi connectivity index (χ1n) is 6.75. The van der Waals surface area contributed by atoms with Crippen molar-refractivity contribution in [1.82, 2.24) is 15.1 Å². The molecule has 0 saturated heterocycles. The van der Waals surface area contributed by atoms with E-state index in [1.165, 1.54) is 0 Å². The third kappa shape index (κ3) is 2.40. The first-order chi connectivity index (χ1) is 10.1. The molecule has 1 N–H and O–H groups in total. The quantitative estimate of drug-likeness (QED) is 0.897. The number of benzene rings is 1. The van der Waals surface area contributed by atoms with E-state index in [1.807, 2.05) is 19.3 Å². The second-order valence-electron chi connectivity index (χ2n) is 5.16. The molecule has 3 rings (SSSR count). The summed E-state index contributed by atoms with van der Waals surface area (Å²) in [6.07, 6.45) is 3.58. The molecule has 1 unspecified atom stereocenters. The second-order valence-corrected chi connectivity index (χ2v) is 5.16. The third-order valence-electron chi connectivity index (χ3n) is 3.52. The maximum absolute atomic E-state index is 12.5. The lowest BCUT2D eigenvalue weighted by molar-refractivity contribution is -0.120. The van der Waals surface area contributed by atoms with Crippen molar-refractivity contribution in [3.63, 3.8) is 0 Å². The number of carbonyl (C=O) groups excluding carboxylic acids is 2. The number of amides is 2. The SMILES string of the molecule is CC1NC(=O)c2ccccc2N(Cc2cnn(C)c2)C1=O. The van der Waals surface area contributed by atoms with Crippen molar-refractivity contribution in [1.29, 1.82) is 0 Å². The number of rotatable bonds is 2. The molecular formula is C15H16N4O2. The Morgan fingerprint density at radius 1 is 1.29 bits per heavy atom. The zero-order chi connectivity index (χ0) is 15.0. The first kappa shape index (κ1) is 13.4. The summed E-state index contributed by atoms with van der Waals surface area (Å²) < 4.78 is 1.69. The zero-order valence-corrected chi connectivity index (χ0v) is 11.9. The summed E-state index contributed by atoms with van der Waals surface area (Å²) in [5.41, 5.74) is 2.06. The van der Waals surface area contributed by atoms with Gasteiger partial charge in [-0.3, -0.25) is 14.3 Å². The van der Waals surface area contributed by atoms with Crippen LogP contribution in [0.2, 0.25) is 0 Å². The molecule has 21 heavy (non-hydrogen) atoms. The normalized spacial score (nSPS) is 18.2. The van der Waals surface area contributed by atoms with Crippen LogP contribution < -0.4 is 10.2 Å². The van der Waals surface area contributed by atoms with Gasteiger partial charge in [0.15, 0.2) is 0 Å². The molecule has 0 fully saturated rings. The van der Waals surface area contributed by atoms with E-state index in [0.29, 0.717) is 17.8 Å². The summed E-state index contributed by atoms with van der Waals surface area (Å²) >= 11 is 0. The van der Waals surface area contributed by atoms with Crippen molar-refractivity contribution in [3.8, 4) is 0 Å². The van der Waals surface area contributed by atoms with E-state index >= 15 is 0 Å². The van der Waals surface area contributed by atoms with Crippen LogP contribution in [0.4, 0.5) is 5.69 Å². The van der Waals surface area contributed by atoms with Crippen molar-refractivity contribution in [2.45, 2.75) is 19.5 Å². The highest BCUT2D eigenvalue weighted by atomic mass is 16.2. The van der Waals surface area contributed by atoms with Crippen LogP contribution >= 0.6 is 0 Å². The molecule has 108 valence electrons. The maximum atomic E-state index is 12.5. The molecule has 0 saturated carbocycles. The number of fused-ring (bicyclic) bond motifs is 1.